The second-order valence-corrected chi connectivity index (χ2v) is 7.42. The molecule has 2 aromatic rings. The van der Waals surface area contributed by atoms with Crippen molar-refractivity contribution in [1.29, 1.82) is 0 Å². The van der Waals surface area contributed by atoms with Crippen LogP contribution in [0.1, 0.15) is 42.5 Å². The summed E-state index contributed by atoms with van der Waals surface area (Å²) >= 11 is 1.70. The minimum atomic E-state index is -0.0377. The highest BCUT2D eigenvalue weighted by Gasteiger charge is 2.23. The number of rotatable bonds is 5. The highest BCUT2D eigenvalue weighted by Crippen LogP contribution is 2.30. The Kier molecular flexibility index (Phi) is 5.39. The molecule has 1 amide bonds. The van der Waals surface area contributed by atoms with E-state index in [9.17, 15) is 4.79 Å². The molecule has 2 atom stereocenters. The Morgan fingerprint density at radius 1 is 1.17 bits per heavy atom. The second kappa shape index (κ2) is 7.69. The topological polar surface area (TPSA) is 29.1 Å². The summed E-state index contributed by atoms with van der Waals surface area (Å²) in [6, 6.07) is 19.0. The van der Waals surface area contributed by atoms with Crippen molar-refractivity contribution in [3.63, 3.8) is 0 Å². The first-order chi connectivity index (χ1) is 11.2. The van der Waals surface area contributed by atoms with Crippen LogP contribution in [0.25, 0.3) is 0 Å². The number of amides is 1. The summed E-state index contributed by atoms with van der Waals surface area (Å²) in [5.74, 6) is 1.02. The number of aryl methyl sites for hydroxylation is 1. The third-order valence-corrected chi connectivity index (χ3v) is 5.61. The molecule has 1 N–H and O–H groups in total. The number of thioether (sulfide) groups is 1. The van der Waals surface area contributed by atoms with Crippen molar-refractivity contribution in [2.75, 3.05) is 0 Å². The van der Waals surface area contributed by atoms with Crippen molar-refractivity contribution >= 4 is 17.7 Å². The van der Waals surface area contributed by atoms with E-state index in [0.717, 1.165) is 25.0 Å². The number of fused-ring (bicyclic) bond motifs is 1. The SMILES string of the molecule is C[C@@H](SCc1ccccc1)C(=O)N[C@H]1CCCc2ccccc21. The molecule has 2 aromatic carbocycles. The number of carbonyl (C=O) groups excluding carboxylic acids is 1. The van der Waals surface area contributed by atoms with E-state index < -0.39 is 0 Å². The Morgan fingerprint density at radius 3 is 2.74 bits per heavy atom. The van der Waals surface area contributed by atoms with Crippen LogP contribution in [0, 0.1) is 0 Å². The number of hydrogen-bond acceptors (Lipinski definition) is 2. The lowest BCUT2D eigenvalue weighted by atomic mass is 9.88. The molecule has 3 rings (SSSR count). The van der Waals surface area contributed by atoms with Gasteiger partial charge in [-0.1, -0.05) is 54.6 Å². The molecule has 3 heteroatoms. The molecule has 23 heavy (non-hydrogen) atoms. The van der Waals surface area contributed by atoms with Crippen molar-refractivity contribution < 1.29 is 4.79 Å². The fraction of sp³-hybridized carbons (Fsp3) is 0.350. The van der Waals surface area contributed by atoms with E-state index in [1.807, 2.05) is 25.1 Å². The van der Waals surface area contributed by atoms with Crippen LogP contribution in [0.15, 0.2) is 54.6 Å². The van der Waals surface area contributed by atoms with Gasteiger partial charge in [0, 0.05) is 5.75 Å². The van der Waals surface area contributed by atoms with Gasteiger partial charge in [-0.2, -0.15) is 0 Å². The summed E-state index contributed by atoms with van der Waals surface area (Å²) in [6.07, 6.45) is 3.31. The maximum atomic E-state index is 12.5. The summed E-state index contributed by atoms with van der Waals surface area (Å²) in [6.45, 7) is 2.00. The molecule has 2 nitrogen and oxygen atoms in total. The summed E-state index contributed by atoms with van der Waals surface area (Å²) in [5.41, 5.74) is 3.95. The van der Waals surface area contributed by atoms with Gasteiger partial charge in [0.1, 0.15) is 0 Å². The normalized spacial score (nSPS) is 18.0. The molecule has 0 heterocycles. The highest BCUT2D eigenvalue weighted by molar-refractivity contribution is 7.99. The fourth-order valence-electron chi connectivity index (χ4n) is 3.06. The minimum Gasteiger partial charge on any atom is -0.348 e. The molecule has 0 radical (unpaired) electrons. The van der Waals surface area contributed by atoms with Gasteiger partial charge in [-0.05, 0) is 42.9 Å². The maximum absolute atomic E-state index is 12.5. The molecule has 120 valence electrons. The van der Waals surface area contributed by atoms with Crippen molar-refractivity contribution in [1.82, 2.24) is 5.32 Å². The number of carbonyl (C=O) groups is 1. The fourth-order valence-corrected chi connectivity index (χ4v) is 3.92. The molecule has 1 aliphatic carbocycles. The van der Waals surface area contributed by atoms with E-state index in [2.05, 4.69) is 41.7 Å². The van der Waals surface area contributed by atoms with E-state index in [0.29, 0.717) is 0 Å². The van der Waals surface area contributed by atoms with Gasteiger partial charge in [-0.3, -0.25) is 4.79 Å². The summed E-state index contributed by atoms with van der Waals surface area (Å²) < 4.78 is 0. The monoisotopic (exact) mass is 325 g/mol. The average molecular weight is 325 g/mol. The van der Waals surface area contributed by atoms with Crippen molar-refractivity contribution in [2.24, 2.45) is 0 Å². The zero-order valence-corrected chi connectivity index (χ0v) is 14.3. The smallest absolute Gasteiger partial charge is 0.233 e. The molecular weight excluding hydrogens is 302 g/mol. The number of hydrogen-bond donors (Lipinski definition) is 1. The van der Waals surface area contributed by atoms with Crippen LogP contribution >= 0.6 is 11.8 Å². The van der Waals surface area contributed by atoms with Gasteiger partial charge < -0.3 is 5.32 Å². The van der Waals surface area contributed by atoms with Gasteiger partial charge >= 0.3 is 0 Å². The van der Waals surface area contributed by atoms with Crippen molar-refractivity contribution in [3.05, 3.63) is 71.3 Å². The van der Waals surface area contributed by atoms with Gasteiger partial charge in [-0.15, -0.1) is 11.8 Å². The van der Waals surface area contributed by atoms with Crippen LogP contribution in [0.5, 0.6) is 0 Å². The average Bonchev–Trinajstić information content (AvgIpc) is 2.61. The molecule has 0 saturated heterocycles. The van der Waals surface area contributed by atoms with E-state index in [4.69, 9.17) is 0 Å². The van der Waals surface area contributed by atoms with Gasteiger partial charge in [0.2, 0.25) is 5.91 Å². The Morgan fingerprint density at radius 2 is 1.91 bits per heavy atom. The highest BCUT2D eigenvalue weighted by atomic mass is 32.2. The number of nitrogens with one attached hydrogen (secondary N) is 1. The van der Waals surface area contributed by atoms with Gasteiger partial charge in [0.25, 0.3) is 0 Å². The van der Waals surface area contributed by atoms with Crippen LogP contribution in [-0.2, 0) is 17.0 Å². The van der Waals surface area contributed by atoms with Crippen molar-refractivity contribution in [3.8, 4) is 0 Å². The van der Waals surface area contributed by atoms with Gasteiger partial charge in [-0.25, -0.2) is 0 Å². The van der Waals surface area contributed by atoms with Crippen LogP contribution in [0.4, 0.5) is 0 Å². The predicted molar refractivity (Wildman–Crippen MR) is 97.5 cm³/mol. The molecular formula is C20H23NOS. The first kappa shape index (κ1) is 16.1. The standard InChI is InChI=1S/C20H23NOS/c1-15(23-14-16-8-3-2-4-9-16)20(22)21-19-13-7-11-17-10-5-6-12-18(17)19/h2-6,8-10,12,15,19H,7,11,13-14H2,1H3,(H,21,22)/t15-,19+/m1/s1. The van der Waals surface area contributed by atoms with Crippen molar-refractivity contribution in [2.45, 2.75) is 43.2 Å². The molecule has 1 aliphatic rings. The summed E-state index contributed by atoms with van der Waals surface area (Å²) in [7, 11) is 0. The molecule has 0 fully saturated rings. The van der Waals surface area contributed by atoms with E-state index in [-0.39, 0.29) is 17.2 Å². The van der Waals surface area contributed by atoms with Gasteiger partial charge in [0.05, 0.1) is 11.3 Å². The third-order valence-electron chi connectivity index (χ3n) is 4.40. The Balaban J connectivity index is 1.57. The van der Waals surface area contributed by atoms with Crippen LogP contribution in [-0.4, -0.2) is 11.2 Å². The zero-order valence-electron chi connectivity index (χ0n) is 13.5. The first-order valence-corrected chi connectivity index (χ1v) is 9.32. The predicted octanol–water partition coefficient (Wildman–Crippen LogP) is 4.50. The minimum absolute atomic E-state index is 0.0377. The Bertz CT molecular complexity index is 656. The van der Waals surface area contributed by atoms with Crippen LogP contribution in [0.2, 0.25) is 0 Å². The van der Waals surface area contributed by atoms with Gasteiger partial charge in [0.15, 0.2) is 0 Å². The maximum Gasteiger partial charge on any atom is 0.233 e. The summed E-state index contributed by atoms with van der Waals surface area (Å²) in [5, 5.41) is 3.21. The molecule has 0 spiro atoms. The first-order valence-electron chi connectivity index (χ1n) is 8.28. The summed E-state index contributed by atoms with van der Waals surface area (Å²) in [4.78, 5) is 12.5. The Labute approximate surface area is 142 Å². The molecule has 0 aliphatic heterocycles. The van der Waals surface area contributed by atoms with E-state index in [1.54, 1.807) is 11.8 Å². The zero-order chi connectivity index (χ0) is 16.1. The number of benzene rings is 2. The molecule has 0 aromatic heterocycles. The largest absolute Gasteiger partial charge is 0.348 e. The molecule has 0 unspecified atom stereocenters. The lowest BCUT2D eigenvalue weighted by Gasteiger charge is -2.27. The molecule has 0 saturated carbocycles. The van der Waals surface area contributed by atoms with E-state index in [1.165, 1.54) is 16.7 Å². The Hall–Kier alpha value is -1.74. The lowest BCUT2D eigenvalue weighted by Crippen LogP contribution is -2.35. The van der Waals surface area contributed by atoms with Crippen LogP contribution < -0.4 is 5.32 Å². The second-order valence-electron chi connectivity index (χ2n) is 6.09. The van der Waals surface area contributed by atoms with Crippen LogP contribution in [0.3, 0.4) is 0 Å². The molecule has 0 bridgehead atoms. The third kappa shape index (κ3) is 4.17. The lowest BCUT2D eigenvalue weighted by molar-refractivity contribution is -0.121. The van der Waals surface area contributed by atoms with E-state index >= 15 is 0 Å². The quantitative estimate of drug-likeness (QED) is 0.877.